The number of carbonyl (C=O) groups is 1. The van der Waals surface area contributed by atoms with Gasteiger partial charge in [0.05, 0.1) is 5.69 Å². The number of anilines is 1. The molecule has 0 unspecified atom stereocenters. The summed E-state index contributed by atoms with van der Waals surface area (Å²) in [5, 5.41) is 6.68. The number of carbonyl (C=O) groups excluding carboxylic acids is 1. The third-order valence-electron chi connectivity index (χ3n) is 6.62. The molecule has 0 saturated heterocycles. The van der Waals surface area contributed by atoms with Gasteiger partial charge in [0.15, 0.2) is 0 Å². The van der Waals surface area contributed by atoms with Crippen molar-refractivity contribution >= 4 is 33.4 Å². The summed E-state index contributed by atoms with van der Waals surface area (Å²) >= 11 is 0. The number of rotatable bonds is 3. The number of amides is 2. The number of para-hydroxylation sites is 1. The fourth-order valence-corrected chi connectivity index (χ4v) is 4.87. The first-order valence-corrected chi connectivity index (χ1v) is 10.9. The van der Waals surface area contributed by atoms with Crippen molar-refractivity contribution in [3.05, 3.63) is 78.0 Å². The normalized spacial score (nSPS) is 16.1. The Hall–Kier alpha value is -3.27. The van der Waals surface area contributed by atoms with Crippen molar-refractivity contribution in [1.29, 1.82) is 0 Å². The second kappa shape index (κ2) is 6.91. The van der Waals surface area contributed by atoms with Gasteiger partial charge in [-0.25, -0.2) is 4.79 Å². The van der Waals surface area contributed by atoms with Crippen molar-refractivity contribution in [2.45, 2.75) is 32.4 Å². The SMILES string of the molecule is O=C(Nc1cccc2ccccc12)N1CCc2c(c3ccccc3n2CC2CC2)C1. The van der Waals surface area contributed by atoms with Gasteiger partial charge in [-0.1, -0.05) is 54.6 Å². The Labute approximate surface area is 176 Å². The van der Waals surface area contributed by atoms with Crippen LogP contribution in [0.2, 0.25) is 0 Å². The molecule has 2 aliphatic rings. The maximum atomic E-state index is 13.2. The lowest BCUT2D eigenvalue weighted by Gasteiger charge is -2.28. The van der Waals surface area contributed by atoms with E-state index in [2.05, 4.69) is 52.3 Å². The first kappa shape index (κ1) is 17.6. The zero-order valence-corrected chi connectivity index (χ0v) is 17.0. The molecule has 0 radical (unpaired) electrons. The second-order valence-corrected chi connectivity index (χ2v) is 8.62. The van der Waals surface area contributed by atoms with Gasteiger partial charge in [-0.2, -0.15) is 0 Å². The van der Waals surface area contributed by atoms with Gasteiger partial charge in [-0.05, 0) is 36.3 Å². The first-order chi connectivity index (χ1) is 14.8. The smallest absolute Gasteiger partial charge is 0.322 e. The number of nitrogens with one attached hydrogen (secondary N) is 1. The van der Waals surface area contributed by atoms with E-state index in [-0.39, 0.29) is 6.03 Å². The third-order valence-corrected chi connectivity index (χ3v) is 6.62. The number of aromatic nitrogens is 1. The van der Waals surface area contributed by atoms with Crippen LogP contribution >= 0.6 is 0 Å². The zero-order chi connectivity index (χ0) is 20.1. The highest BCUT2D eigenvalue weighted by molar-refractivity contribution is 6.01. The fraction of sp³-hybridized carbons (Fsp3) is 0.269. The van der Waals surface area contributed by atoms with E-state index in [1.54, 1.807) is 0 Å². The van der Waals surface area contributed by atoms with Crippen LogP contribution in [-0.2, 0) is 19.5 Å². The van der Waals surface area contributed by atoms with Crippen molar-refractivity contribution in [3.63, 3.8) is 0 Å². The predicted molar refractivity (Wildman–Crippen MR) is 122 cm³/mol. The molecule has 1 N–H and O–H groups in total. The summed E-state index contributed by atoms with van der Waals surface area (Å²) in [7, 11) is 0. The Morgan fingerprint density at radius 3 is 2.57 bits per heavy atom. The molecule has 1 fully saturated rings. The number of fused-ring (bicyclic) bond motifs is 4. The molecule has 3 aromatic carbocycles. The largest absolute Gasteiger partial charge is 0.344 e. The van der Waals surface area contributed by atoms with Crippen LogP contribution in [0.1, 0.15) is 24.1 Å². The van der Waals surface area contributed by atoms with Crippen molar-refractivity contribution in [2.75, 3.05) is 11.9 Å². The van der Waals surface area contributed by atoms with Crippen molar-refractivity contribution in [2.24, 2.45) is 5.92 Å². The quantitative estimate of drug-likeness (QED) is 0.468. The van der Waals surface area contributed by atoms with Gasteiger partial charge < -0.3 is 14.8 Å². The van der Waals surface area contributed by atoms with Gasteiger partial charge in [0.2, 0.25) is 0 Å². The summed E-state index contributed by atoms with van der Waals surface area (Å²) in [6.07, 6.45) is 3.61. The van der Waals surface area contributed by atoms with Crippen LogP contribution < -0.4 is 5.32 Å². The lowest BCUT2D eigenvalue weighted by atomic mass is 10.0. The van der Waals surface area contributed by atoms with Crippen molar-refractivity contribution in [3.8, 4) is 0 Å². The number of urea groups is 1. The first-order valence-electron chi connectivity index (χ1n) is 10.9. The summed E-state index contributed by atoms with van der Waals surface area (Å²) in [4.78, 5) is 15.1. The van der Waals surface area contributed by atoms with E-state index in [4.69, 9.17) is 0 Å². The second-order valence-electron chi connectivity index (χ2n) is 8.62. The van der Waals surface area contributed by atoms with Crippen molar-refractivity contribution in [1.82, 2.24) is 9.47 Å². The van der Waals surface area contributed by atoms with Gasteiger partial charge in [-0.15, -0.1) is 0 Å². The van der Waals surface area contributed by atoms with E-state index in [1.807, 2.05) is 29.2 Å². The molecular weight excluding hydrogens is 370 g/mol. The lowest BCUT2D eigenvalue weighted by Crippen LogP contribution is -2.39. The summed E-state index contributed by atoms with van der Waals surface area (Å²) in [6.45, 7) is 2.55. The molecule has 0 atom stereocenters. The molecule has 1 aliphatic carbocycles. The standard InChI is InChI=1S/C26H25N3O/c30-26(27-23-10-5-7-19-6-1-2-8-20(19)23)28-15-14-25-22(17-28)21-9-3-4-11-24(21)29(25)16-18-12-13-18/h1-11,18H,12-17H2,(H,27,30). The van der Waals surface area contributed by atoms with Crippen LogP contribution in [0.3, 0.4) is 0 Å². The highest BCUT2D eigenvalue weighted by atomic mass is 16.2. The Morgan fingerprint density at radius 2 is 1.70 bits per heavy atom. The molecule has 4 aromatic rings. The monoisotopic (exact) mass is 395 g/mol. The lowest BCUT2D eigenvalue weighted by molar-refractivity contribution is 0.206. The average Bonchev–Trinajstić information content (AvgIpc) is 3.56. The van der Waals surface area contributed by atoms with E-state index >= 15 is 0 Å². The van der Waals surface area contributed by atoms with E-state index in [0.29, 0.717) is 6.54 Å². The fourth-order valence-electron chi connectivity index (χ4n) is 4.87. The summed E-state index contributed by atoms with van der Waals surface area (Å²) in [5.41, 5.74) is 4.95. The van der Waals surface area contributed by atoms with Crippen molar-refractivity contribution < 1.29 is 4.79 Å². The van der Waals surface area contributed by atoms with Crippen LogP contribution in [0.25, 0.3) is 21.7 Å². The molecule has 1 saturated carbocycles. The Balaban J connectivity index is 1.30. The van der Waals surface area contributed by atoms with Gasteiger partial charge in [0.25, 0.3) is 0 Å². The van der Waals surface area contributed by atoms with Crippen LogP contribution in [0.5, 0.6) is 0 Å². The van der Waals surface area contributed by atoms with Crippen LogP contribution in [-0.4, -0.2) is 22.0 Å². The molecule has 2 amide bonds. The highest BCUT2D eigenvalue weighted by Gasteiger charge is 2.29. The Bertz CT molecular complexity index is 1260. The summed E-state index contributed by atoms with van der Waals surface area (Å²) in [6, 6.07) is 22.9. The van der Waals surface area contributed by atoms with Crippen LogP contribution in [0, 0.1) is 5.92 Å². The molecule has 6 rings (SSSR count). The Morgan fingerprint density at radius 1 is 0.933 bits per heavy atom. The van der Waals surface area contributed by atoms with E-state index in [1.165, 1.54) is 35.0 Å². The van der Waals surface area contributed by atoms with Gasteiger partial charge in [0.1, 0.15) is 0 Å². The topological polar surface area (TPSA) is 37.3 Å². The third kappa shape index (κ3) is 2.95. The van der Waals surface area contributed by atoms with E-state index < -0.39 is 0 Å². The zero-order valence-electron chi connectivity index (χ0n) is 17.0. The van der Waals surface area contributed by atoms with Gasteiger partial charge in [0, 0.05) is 53.6 Å². The minimum absolute atomic E-state index is 0.0176. The Kier molecular flexibility index (Phi) is 4.05. The van der Waals surface area contributed by atoms with E-state index in [0.717, 1.165) is 41.9 Å². The number of nitrogens with zero attached hydrogens (tertiary/aromatic N) is 2. The molecule has 4 nitrogen and oxygen atoms in total. The van der Waals surface area contributed by atoms with Gasteiger partial charge in [-0.3, -0.25) is 0 Å². The van der Waals surface area contributed by atoms with Crippen LogP contribution in [0.15, 0.2) is 66.7 Å². The highest BCUT2D eigenvalue weighted by Crippen LogP contribution is 2.36. The van der Waals surface area contributed by atoms with E-state index in [9.17, 15) is 4.79 Å². The van der Waals surface area contributed by atoms with Crippen LogP contribution in [0.4, 0.5) is 10.5 Å². The molecular formula is C26H25N3O. The number of hydrogen-bond acceptors (Lipinski definition) is 1. The molecule has 0 bridgehead atoms. The molecule has 4 heteroatoms. The molecule has 0 spiro atoms. The minimum atomic E-state index is -0.0176. The summed E-state index contributed by atoms with van der Waals surface area (Å²) in [5.74, 6) is 0.831. The molecule has 1 aromatic heterocycles. The molecule has 1 aliphatic heterocycles. The summed E-state index contributed by atoms with van der Waals surface area (Å²) < 4.78 is 2.53. The molecule has 150 valence electrons. The maximum absolute atomic E-state index is 13.2. The maximum Gasteiger partial charge on any atom is 0.322 e. The molecule has 2 heterocycles. The average molecular weight is 396 g/mol. The molecule has 30 heavy (non-hydrogen) atoms. The minimum Gasteiger partial charge on any atom is -0.344 e. The number of hydrogen-bond donors (Lipinski definition) is 1. The predicted octanol–water partition coefficient (Wildman–Crippen LogP) is 5.79. The van der Waals surface area contributed by atoms with Gasteiger partial charge >= 0.3 is 6.03 Å². The number of benzene rings is 3.